The lowest BCUT2D eigenvalue weighted by atomic mass is 10.2. The Morgan fingerprint density at radius 3 is 2.51 bits per heavy atom. The van der Waals surface area contributed by atoms with E-state index >= 15 is 0 Å². The third-order valence-corrected chi connectivity index (χ3v) is 6.68. The highest BCUT2D eigenvalue weighted by atomic mass is 35.5. The highest BCUT2D eigenvalue weighted by Gasteiger charge is 2.35. The van der Waals surface area contributed by atoms with E-state index in [0.717, 1.165) is 11.3 Å². The Balaban J connectivity index is 1.58. The van der Waals surface area contributed by atoms with Crippen molar-refractivity contribution in [2.45, 2.75) is 0 Å². The second-order valence-electron chi connectivity index (χ2n) is 7.29. The van der Waals surface area contributed by atoms with Gasteiger partial charge in [-0.1, -0.05) is 11.6 Å². The van der Waals surface area contributed by atoms with Gasteiger partial charge >= 0.3 is 6.03 Å². The topological polar surface area (TPSA) is 115 Å². The first kappa shape index (κ1) is 22.7. The van der Waals surface area contributed by atoms with Crippen molar-refractivity contribution in [1.29, 1.82) is 0 Å². The van der Waals surface area contributed by atoms with Crippen LogP contribution in [0.1, 0.15) is 9.67 Å². The molecule has 0 bridgehead atoms. The van der Waals surface area contributed by atoms with E-state index in [1.54, 1.807) is 36.4 Å². The Morgan fingerprint density at radius 1 is 1.03 bits per heavy atom. The summed E-state index contributed by atoms with van der Waals surface area (Å²) in [7, 11) is 4.54. The van der Waals surface area contributed by atoms with Gasteiger partial charge in [0.25, 0.3) is 5.91 Å². The average Bonchev–Trinajstić information content (AvgIpc) is 3.23. The number of urea groups is 1. The molecule has 10 nitrogen and oxygen atoms in total. The third-order valence-electron chi connectivity index (χ3n) is 5.34. The Labute approximate surface area is 208 Å². The number of ether oxygens (including phenoxy) is 3. The first-order valence-corrected chi connectivity index (χ1v) is 11.4. The standard InChI is InChI=1S/C23H18ClN5O5S/c1-32-14-6-4-11(24)8-13(14)29-20-17-18(28-23(29)31)19(35-22(17)26-10-25-20)21(30)27-12-5-7-15(33-2)16(9-12)34-3/h4-10H,1-3H3,(H,27,30)(H,28,31). The molecule has 0 saturated carbocycles. The first-order valence-electron chi connectivity index (χ1n) is 10.2. The zero-order valence-electron chi connectivity index (χ0n) is 18.7. The van der Waals surface area contributed by atoms with E-state index < -0.39 is 11.9 Å². The van der Waals surface area contributed by atoms with Crippen molar-refractivity contribution in [1.82, 2.24) is 9.97 Å². The largest absolute Gasteiger partial charge is 0.495 e. The number of amides is 3. The summed E-state index contributed by atoms with van der Waals surface area (Å²) < 4.78 is 16.0. The lowest BCUT2D eigenvalue weighted by Gasteiger charge is -2.28. The fourth-order valence-electron chi connectivity index (χ4n) is 3.79. The fraction of sp³-hybridized carbons (Fsp3) is 0.130. The number of aromatic nitrogens is 2. The summed E-state index contributed by atoms with van der Waals surface area (Å²) in [5.41, 5.74) is 1.24. The van der Waals surface area contributed by atoms with Crippen LogP contribution in [0.4, 0.5) is 27.7 Å². The molecular weight excluding hydrogens is 494 g/mol. The number of halogens is 1. The van der Waals surface area contributed by atoms with Gasteiger partial charge in [-0.3, -0.25) is 4.79 Å². The molecule has 35 heavy (non-hydrogen) atoms. The molecule has 3 heterocycles. The van der Waals surface area contributed by atoms with Crippen molar-refractivity contribution in [3.63, 3.8) is 0 Å². The molecule has 0 atom stereocenters. The smallest absolute Gasteiger partial charge is 0.332 e. The van der Waals surface area contributed by atoms with Crippen LogP contribution in [0.25, 0.3) is 10.2 Å². The van der Waals surface area contributed by atoms with E-state index in [-0.39, 0.29) is 4.88 Å². The van der Waals surface area contributed by atoms with Gasteiger partial charge in [0.1, 0.15) is 21.8 Å². The van der Waals surface area contributed by atoms with Crippen LogP contribution in [0.3, 0.4) is 0 Å². The number of hydrogen-bond acceptors (Lipinski definition) is 8. The lowest BCUT2D eigenvalue weighted by molar-refractivity contribution is 0.103. The van der Waals surface area contributed by atoms with E-state index in [0.29, 0.717) is 55.4 Å². The highest BCUT2D eigenvalue weighted by molar-refractivity contribution is 7.21. The number of rotatable bonds is 6. The summed E-state index contributed by atoms with van der Waals surface area (Å²) >= 11 is 7.33. The van der Waals surface area contributed by atoms with Crippen molar-refractivity contribution in [3.8, 4) is 17.2 Å². The van der Waals surface area contributed by atoms with Crippen LogP contribution in [0.5, 0.6) is 17.2 Å². The molecule has 0 radical (unpaired) electrons. The number of nitrogens with one attached hydrogen (secondary N) is 2. The molecule has 0 saturated heterocycles. The van der Waals surface area contributed by atoms with Gasteiger partial charge in [-0.05, 0) is 30.3 Å². The Bertz CT molecular complexity index is 1490. The van der Waals surface area contributed by atoms with Crippen molar-refractivity contribution in [2.24, 2.45) is 0 Å². The van der Waals surface area contributed by atoms with E-state index in [1.807, 2.05) is 0 Å². The van der Waals surface area contributed by atoms with Gasteiger partial charge in [0.15, 0.2) is 17.3 Å². The third kappa shape index (κ3) is 3.84. The molecule has 1 aliphatic heterocycles. The number of anilines is 4. The number of thiophene rings is 1. The Morgan fingerprint density at radius 2 is 1.77 bits per heavy atom. The molecule has 5 rings (SSSR count). The minimum atomic E-state index is -0.517. The van der Waals surface area contributed by atoms with Crippen LogP contribution in [-0.4, -0.2) is 43.2 Å². The van der Waals surface area contributed by atoms with Crippen LogP contribution in [0.2, 0.25) is 5.02 Å². The molecule has 12 heteroatoms. The number of methoxy groups -OCH3 is 3. The highest BCUT2D eigenvalue weighted by Crippen LogP contribution is 2.47. The minimum Gasteiger partial charge on any atom is -0.495 e. The van der Waals surface area contributed by atoms with E-state index in [9.17, 15) is 9.59 Å². The second kappa shape index (κ2) is 8.93. The van der Waals surface area contributed by atoms with Gasteiger partial charge in [0, 0.05) is 16.8 Å². The number of carbonyl (C=O) groups excluding carboxylic acids is 2. The van der Waals surface area contributed by atoms with Crippen LogP contribution < -0.4 is 29.7 Å². The monoisotopic (exact) mass is 511 g/mol. The fourth-order valence-corrected chi connectivity index (χ4v) is 4.94. The predicted octanol–water partition coefficient (Wildman–Crippen LogP) is 5.31. The van der Waals surface area contributed by atoms with Crippen LogP contribution in [0.15, 0.2) is 42.7 Å². The Kier molecular flexibility index (Phi) is 5.79. The summed E-state index contributed by atoms with van der Waals surface area (Å²) in [6.45, 7) is 0. The average molecular weight is 512 g/mol. The van der Waals surface area contributed by atoms with E-state index in [2.05, 4.69) is 20.6 Å². The summed E-state index contributed by atoms with van der Waals surface area (Å²) in [5, 5.41) is 6.60. The van der Waals surface area contributed by atoms with Crippen LogP contribution in [-0.2, 0) is 0 Å². The van der Waals surface area contributed by atoms with Gasteiger partial charge in [-0.25, -0.2) is 19.7 Å². The van der Waals surface area contributed by atoms with Crippen molar-refractivity contribution in [2.75, 3.05) is 36.9 Å². The van der Waals surface area contributed by atoms with Gasteiger partial charge in [-0.2, -0.15) is 0 Å². The molecule has 4 aromatic rings. The van der Waals surface area contributed by atoms with Gasteiger partial charge in [0.2, 0.25) is 0 Å². The molecule has 2 N–H and O–H groups in total. The number of carbonyl (C=O) groups is 2. The van der Waals surface area contributed by atoms with Crippen LogP contribution >= 0.6 is 22.9 Å². The molecule has 0 spiro atoms. The molecule has 1 aliphatic rings. The number of hydrogen-bond donors (Lipinski definition) is 2. The summed E-state index contributed by atoms with van der Waals surface area (Å²) in [6.07, 6.45) is 1.34. The molecule has 2 aromatic carbocycles. The lowest BCUT2D eigenvalue weighted by Crippen LogP contribution is -2.35. The van der Waals surface area contributed by atoms with Crippen molar-refractivity contribution in [3.05, 3.63) is 52.6 Å². The van der Waals surface area contributed by atoms with Crippen LogP contribution in [0, 0.1) is 0 Å². The van der Waals surface area contributed by atoms with E-state index in [4.69, 9.17) is 25.8 Å². The summed E-state index contributed by atoms with van der Waals surface area (Å²) in [5.74, 6) is 1.33. The van der Waals surface area contributed by atoms with E-state index in [1.165, 1.54) is 32.6 Å². The van der Waals surface area contributed by atoms with Gasteiger partial charge in [0.05, 0.1) is 38.1 Å². The maximum atomic E-state index is 13.3. The zero-order valence-corrected chi connectivity index (χ0v) is 20.3. The molecular formula is C23H18ClN5O5S. The van der Waals surface area contributed by atoms with Crippen molar-refractivity contribution >= 4 is 68.0 Å². The predicted molar refractivity (Wildman–Crippen MR) is 134 cm³/mol. The molecule has 0 fully saturated rings. The molecule has 0 unspecified atom stereocenters. The van der Waals surface area contributed by atoms with Crippen molar-refractivity contribution < 1.29 is 23.8 Å². The quantitative estimate of drug-likeness (QED) is 0.360. The SMILES string of the molecule is COc1ccc(NC(=O)c2sc3ncnc4c3c2NC(=O)N4c2cc(Cl)ccc2OC)cc1OC. The van der Waals surface area contributed by atoms with Gasteiger partial charge in [-0.15, -0.1) is 11.3 Å². The maximum absolute atomic E-state index is 13.3. The molecule has 178 valence electrons. The number of benzene rings is 2. The summed E-state index contributed by atoms with van der Waals surface area (Å²) in [4.78, 5) is 37.3. The normalized spacial score (nSPS) is 12.3. The first-order chi connectivity index (χ1) is 16.9. The van der Waals surface area contributed by atoms with Gasteiger partial charge < -0.3 is 24.8 Å². The molecule has 3 amide bonds. The maximum Gasteiger partial charge on any atom is 0.332 e. The zero-order chi connectivity index (χ0) is 24.7. The number of nitrogens with zero attached hydrogens (tertiary/aromatic N) is 3. The second-order valence-corrected chi connectivity index (χ2v) is 8.72. The Hall–Kier alpha value is -4.09. The molecule has 0 aliphatic carbocycles. The minimum absolute atomic E-state index is 0.280. The summed E-state index contributed by atoms with van der Waals surface area (Å²) in [6, 6.07) is 9.43. The molecule has 2 aromatic heterocycles.